The Kier molecular flexibility index (Phi) is 4.40. The molecule has 0 unspecified atom stereocenters. The van der Waals surface area contributed by atoms with E-state index in [1.165, 1.54) is 7.11 Å². The molecule has 4 rings (SSSR count). The maximum atomic E-state index is 12.4. The highest BCUT2D eigenvalue weighted by molar-refractivity contribution is 5.90. The Labute approximate surface area is 157 Å². The lowest BCUT2D eigenvalue weighted by atomic mass is 9.83. The van der Waals surface area contributed by atoms with Gasteiger partial charge in [0.15, 0.2) is 0 Å². The van der Waals surface area contributed by atoms with Crippen LogP contribution in [0, 0.1) is 23.7 Å². The molecule has 0 heterocycles. The third kappa shape index (κ3) is 2.78. The monoisotopic (exact) mass is 360 g/mol. The fraction of sp³-hybridized carbons (Fsp3) is 0.217. The van der Waals surface area contributed by atoms with Crippen molar-refractivity contribution in [3.05, 3.63) is 89.5 Å². The van der Waals surface area contributed by atoms with E-state index in [-0.39, 0.29) is 11.8 Å². The SMILES string of the molecule is COC(=O)[C@@H]1[C@H](C(=O)O)[C@@H]2C=C[C@H]1C2=C(c1ccccc1)c1ccccc1. The van der Waals surface area contributed by atoms with Gasteiger partial charge in [0, 0.05) is 11.8 Å². The third-order valence-electron chi connectivity index (χ3n) is 5.58. The van der Waals surface area contributed by atoms with Crippen LogP contribution in [0.3, 0.4) is 0 Å². The fourth-order valence-electron chi connectivity index (χ4n) is 4.52. The van der Waals surface area contributed by atoms with Crippen molar-refractivity contribution in [2.75, 3.05) is 7.11 Å². The Morgan fingerprint density at radius 3 is 1.74 bits per heavy atom. The molecule has 1 saturated carbocycles. The van der Waals surface area contributed by atoms with Gasteiger partial charge in [0.25, 0.3) is 0 Å². The zero-order valence-corrected chi connectivity index (χ0v) is 14.9. The number of ether oxygens (including phenoxy) is 1. The summed E-state index contributed by atoms with van der Waals surface area (Å²) in [4.78, 5) is 24.4. The van der Waals surface area contributed by atoms with Crippen molar-refractivity contribution in [1.29, 1.82) is 0 Å². The number of methoxy groups -OCH3 is 1. The van der Waals surface area contributed by atoms with Gasteiger partial charge >= 0.3 is 11.9 Å². The van der Waals surface area contributed by atoms with Crippen LogP contribution in [0.4, 0.5) is 0 Å². The molecule has 0 aromatic heterocycles. The van der Waals surface area contributed by atoms with E-state index in [0.717, 1.165) is 22.3 Å². The van der Waals surface area contributed by atoms with E-state index in [2.05, 4.69) is 0 Å². The molecule has 2 aliphatic carbocycles. The van der Waals surface area contributed by atoms with Crippen LogP contribution in [0.5, 0.6) is 0 Å². The second-order valence-corrected chi connectivity index (χ2v) is 6.91. The van der Waals surface area contributed by atoms with E-state index in [1.54, 1.807) is 0 Å². The van der Waals surface area contributed by atoms with Gasteiger partial charge in [0.2, 0.25) is 0 Å². The molecule has 1 N–H and O–H groups in total. The van der Waals surface area contributed by atoms with Gasteiger partial charge in [-0.25, -0.2) is 0 Å². The molecule has 0 aliphatic heterocycles. The van der Waals surface area contributed by atoms with E-state index in [1.807, 2.05) is 72.8 Å². The Morgan fingerprint density at radius 1 is 0.815 bits per heavy atom. The number of fused-ring (bicyclic) bond motifs is 2. The summed E-state index contributed by atoms with van der Waals surface area (Å²) in [6, 6.07) is 19.9. The zero-order chi connectivity index (χ0) is 19.0. The fourth-order valence-corrected chi connectivity index (χ4v) is 4.52. The van der Waals surface area contributed by atoms with E-state index in [0.29, 0.717) is 0 Å². The van der Waals surface area contributed by atoms with E-state index >= 15 is 0 Å². The highest BCUT2D eigenvalue weighted by Crippen LogP contribution is 2.55. The quantitative estimate of drug-likeness (QED) is 0.665. The number of hydrogen-bond donors (Lipinski definition) is 1. The van der Waals surface area contributed by atoms with Crippen LogP contribution in [0.1, 0.15) is 11.1 Å². The number of rotatable bonds is 4. The van der Waals surface area contributed by atoms with Gasteiger partial charge in [-0.2, -0.15) is 0 Å². The van der Waals surface area contributed by atoms with E-state index in [4.69, 9.17) is 4.74 Å². The molecule has 2 aromatic rings. The molecule has 4 nitrogen and oxygen atoms in total. The van der Waals surface area contributed by atoms with Crippen molar-refractivity contribution in [1.82, 2.24) is 0 Å². The molecule has 136 valence electrons. The molecular weight excluding hydrogens is 340 g/mol. The second kappa shape index (κ2) is 6.88. The molecule has 27 heavy (non-hydrogen) atoms. The number of aliphatic carboxylic acids is 1. The number of carboxylic acids is 1. The normalized spacial score (nSPS) is 25.4. The minimum atomic E-state index is -0.958. The summed E-state index contributed by atoms with van der Waals surface area (Å²) in [5.41, 5.74) is 4.04. The number of benzene rings is 2. The van der Waals surface area contributed by atoms with Gasteiger partial charge in [-0.05, 0) is 22.3 Å². The summed E-state index contributed by atoms with van der Waals surface area (Å²) in [6.07, 6.45) is 3.90. The highest BCUT2D eigenvalue weighted by Gasteiger charge is 2.56. The summed E-state index contributed by atoms with van der Waals surface area (Å²) < 4.78 is 4.95. The summed E-state index contributed by atoms with van der Waals surface area (Å²) in [5, 5.41) is 9.83. The van der Waals surface area contributed by atoms with Gasteiger partial charge < -0.3 is 9.84 Å². The van der Waals surface area contributed by atoms with Crippen LogP contribution in [-0.2, 0) is 14.3 Å². The Hall–Kier alpha value is -3.14. The number of carbonyl (C=O) groups is 2. The van der Waals surface area contributed by atoms with Gasteiger partial charge in [-0.15, -0.1) is 0 Å². The lowest BCUT2D eigenvalue weighted by molar-refractivity contribution is -0.156. The largest absolute Gasteiger partial charge is 0.481 e. The lowest BCUT2D eigenvalue weighted by Crippen LogP contribution is -2.33. The smallest absolute Gasteiger partial charge is 0.310 e. The molecule has 2 bridgehead atoms. The van der Waals surface area contributed by atoms with Crippen molar-refractivity contribution in [3.63, 3.8) is 0 Å². The molecular formula is C23H20O4. The number of carboxylic acid groups (broad SMARTS) is 1. The van der Waals surface area contributed by atoms with Gasteiger partial charge in [-0.3, -0.25) is 9.59 Å². The van der Waals surface area contributed by atoms with Crippen LogP contribution >= 0.6 is 0 Å². The highest BCUT2D eigenvalue weighted by atomic mass is 16.5. The van der Waals surface area contributed by atoms with Crippen molar-refractivity contribution in [3.8, 4) is 0 Å². The van der Waals surface area contributed by atoms with Crippen LogP contribution in [0.2, 0.25) is 0 Å². The summed E-state index contributed by atoms with van der Waals surface area (Å²) >= 11 is 0. The summed E-state index contributed by atoms with van der Waals surface area (Å²) in [7, 11) is 1.32. The minimum absolute atomic E-state index is 0.265. The first-order chi connectivity index (χ1) is 13.1. The van der Waals surface area contributed by atoms with E-state index < -0.39 is 23.8 Å². The van der Waals surface area contributed by atoms with Gasteiger partial charge in [0.1, 0.15) is 0 Å². The van der Waals surface area contributed by atoms with E-state index in [9.17, 15) is 14.7 Å². The molecule has 0 saturated heterocycles. The van der Waals surface area contributed by atoms with Crippen LogP contribution in [-0.4, -0.2) is 24.2 Å². The molecule has 0 amide bonds. The molecule has 2 aliphatic rings. The average Bonchev–Trinajstić information content (AvgIpc) is 3.25. The Morgan fingerprint density at radius 2 is 1.30 bits per heavy atom. The van der Waals surface area contributed by atoms with Crippen molar-refractivity contribution >= 4 is 17.5 Å². The predicted molar refractivity (Wildman–Crippen MR) is 102 cm³/mol. The first-order valence-electron chi connectivity index (χ1n) is 8.97. The molecule has 4 heteroatoms. The Bertz CT molecular complexity index is 886. The molecule has 4 atom stereocenters. The van der Waals surface area contributed by atoms with Crippen molar-refractivity contribution < 1.29 is 19.4 Å². The number of carbonyl (C=O) groups excluding carboxylic acids is 1. The first kappa shape index (κ1) is 17.3. The van der Waals surface area contributed by atoms with Crippen molar-refractivity contribution in [2.24, 2.45) is 23.7 Å². The molecule has 2 aromatic carbocycles. The van der Waals surface area contributed by atoms with Gasteiger partial charge in [-0.1, -0.05) is 72.8 Å². The molecule has 0 radical (unpaired) electrons. The standard InChI is InChI=1S/C23H20O4/c1-27-23(26)21-17-13-12-16(20(21)22(24)25)19(17)18(14-8-4-2-5-9-14)15-10-6-3-7-11-15/h2-13,16-17,20-21H,1H3,(H,24,25)/t16-,17+,20-,21+/m1/s1. The van der Waals surface area contributed by atoms with Crippen LogP contribution in [0.15, 0.2) is 78.4 Å². The first-order valence-corrected chi connectivity index (χ1v) is 8.97. The molecule has 1 fully saturated rings. The number of hydrogen-bond acceptors (Lipinski definition) is 3. The van der Waals surface area contributed by atoms with Crippen LogP contribution in [0.25, 0.3) is 5.57 Å². The zero-order valence-electron chi connectivity index (χ0n) is 14.9. The van der Waals surface area contributed by atoms with Crippen LogP contribution < -0.4 is 0 Å². The summed E-state index contributed by atoms with van der Waals surface area (Å²) in [5.74, 6) is -3.49. The topological polar surface area (TPSA) is 63.6 Å². The van der Waals surface area contributed by atoms with Gasteiger partial charge in [0.05, 0.1) is 18.9 Å². The Balaban J connectivity index is 1.96. The summed E-state index contributed by atoms with van der Waals surface area (Å²) in [6.45, 7) is 0. The second-order valence-electron chi connectivity index (χ2n) is 6.91. The van der Waals surface area contributed by atoms with Crippen molar-refractivity contribution in [2.45, 2.75) is 0 Å². The average molecular weight is 360 g/mol. The maximum absolute atomic E-state index is 12.4. The number of esters is 1. The number of allylic oxidation sites excluding steroid dienone is 3. The lowest BCUT2D eigenvalue weighted by Gasteiger charge is -2.21. The minimum Gasteiger partial charge on any atom is -0.481 e. The molecule has 0 spiro atoms. The maximum Gasteiger partial charge on any atom is 0.310 e. The predicted octanol–water partition coefficient (Wildman–Crippen LogP) is 3.79. The third-order valence-corrected chi connectivity index (χ3v) is 5.58.